The van der Waals surface area contributed by atoms with Crippen molar-refractivity contribution in [1.82, 2.24) is 9.88 Å². The molecule has 0 saturated carbocycles. The van der Waals surface area contributed by atoms with Gasteiger partial charge in [-0.05, 0) is 48.5 Å². The summed E-state index contributed by atoms with van der Waals surface area (Å²) in [5.74, 6) is 0.0912. The maximum absolute atomic E-state index is 10.2. The summed E-state index contributed by atoms with van der Waals surface area (Å²) >= 11 is 0. The number of fused-ring (bicyclic) bond motifs is 1. The van der Waals surface area contributed by atoms with Gasteiger partial charge in [-0.25, -0.2) is 0 Å². The highest BCUT2D eigenvalue weighted by atomic mass is 16.3. The number of nitrogens with one attached hydrogen (secondary N) is 1. The summed E-state index contributed by atoms with van der Waals surface area (Å²) in [5, 5.41) is 11.0. The minimum Gasteiger partial charge on any atom is -0.494 e. The van der Waals surface area contributed by atoms with Crippen LogP contribution < -0.4 is 5.73 Å². The first-order valence-electron chi connectivity index (χ1n) is 9.54. The van der Waals surface area contributed by atoms with Crippen LogP contribution in [0.1, 0.15) is 16.7 Å². The summed E-state index contributed by atoms with van der Waals surface area (Å²) in [6.07, 6.45) is 1.67. The zero-order valence-corrected chi connectivity index (χ0v) is 16.3. The molecule has 29 heavy (non-hydrogen) atoms. The molecule has 0 saturated heterocycles. The van der Waals surface area contributed by atoms with E-state index in [4.69, 9.17) is 5.73 Å². The maximum Gasteiger partial charge on any atom is 0.198 e. The maximum atomic E-state index is 10.2. The van der Waals surface area contributed by atoms with Gasteiger partial charge < -0.3 is 15.8 Å². The van der Waals surface area contributed by atoms with Crippen LogP contribution in [-0.2, 0) is 13.1 Å². The average Bonchev–Trinajstić information content (AvgIpc) is 3.02. The Morgan fingerprint density at radius 1 is 0.966 bits per heavy atom. The normalized spacial score (nSPS) is 11.7. The molecule has 4 aromatic rings. The number of nitrogens with zero attached hydrogens (tertiary/aromatic N) is 2. The second-order valence-corrected chi connectivity index (χ2v) is 7.27. The van der Waals surface area contributed by atoms with Gasteiger partial charge >= 0.3 is 0 Å². The average molecular weight is 384 g/mol. The lowest BCUT2D eigenvalue weighted by Crippen LogP contribution is -2.16. The lowest BCUT2D eigenvalue weighted by molar-refractivity contribution is 0.319. The third kappa shape index (κ3) is 4.47. The highest BCUT2D eigenvalue weighted by Crippen LogP contribution is 2.28. The second kappa shape index (κ2) is 8.20. The van der Waals surface area contributed by atoms with Crippen molar-refractivity contribution in [3.8, 4) is 5.88 Å². The van der Waals surface area contributed by atoms with Crippen LogP contribution in [0.2, 0.25) is 0 Å². The molecule has 146 valence electrons. The third-order valence-corrected chi connectivity index (χ3v) is 4.87. The number of hydrogen-bond acceptors (Lipinski definition) is 4. The van der Waals surface area contributed by atoms with Crippen LogP contribution in [0.5, 0.6) is 5.88 Å². The van der Waals surface area contributed by atoms with Crippen LogP contribution >= 0.6 is 0 Å². The van der Waals surface area contributed by atoms with E-state index in [1.165, 1.54) is 11.1 Å². The lowest BCUT2D eigenvalue weighted by atomic mass is 10.1. The Morgan fingerprint density at radius 3 is 2.38 bits per heavy atom. The van der Waals surface area contributed by atoms with Crippen LogP contribution in [0.15, 0.2) is 77.8 Å². The number of nitrogens with two attached hydrogens (primary N) is 1. The fraction of sp³-hybridized carbons (Fsp3) is 0.125. The van der Waals surface area contributed by atoms with E-state index in [-0.39, 0.29) is 5.88 Å². The molecule has 0 unspecified atom stereocenters. The Balaban J connectivity index is 1.44. The van der Waals surface area contributed by atoms with Crippen LogP contribution in [0.3, 0.4) is 0 Å². The first-order chi connectivity index (χ1) is 14.1. The number of aliphatic imine (C=N–C) groups is 1. The van der Waals surface area contributed by atoms with Crippen molar-refractivity contribution in [2.45, 2.75) is 13.1 Å². The number of aromatic nitrogens is 1. The quantitative estimate of drug-likeness (QED) is 0.329. The van der Waals surface area contributed by atoms with E-state index in [9.17, 15) is 5.11 Å². The largest absolute Gasteiger partial charge is 0.494 e. The van der Waals surface area contributed by atoms with Gasteiger partial charge in [-0.3, -0.25) is 9.89 Å². The molecule has 4 N–H and O–H groups in total. The number of H-pyrrole nitrogens is 1. The second-order valence-electron chi connectivity index (χ2n) is 7.27. The van der Waals surface area contributed by atoms with Crippen molar-refractivity contribution in [2.24, 2.45) is 4.99 Å². The number of anilines is 1. The van der Waals surface area contributed by atoms with Gasteiger partial charge in [0.1, 0.15) is 0 Å². The summed E-state index contributed by atoms with van der Waals surface area (Å²) in [6, 6.07) is 24.1. The molecular formula is C24H24N4O. The molecule has 0 aliphatic carbocycles. The van der Waals surface area contributed by atoms with Crippen LogP contribution in [-0.4, -0.2) is 28.3 Å². The van der Waals surface area contributed by atoms with E-state index in [0.29, 0.717) is 11.3 Å². The molecule has 0 amide bonds. The summed E-state index contributed by atoms with van der Waals surface area (Å²) in [7, 11) is 2.12. The zero-order valence-electron chi connectivity index (χ0n) is 16.3. The number of nitrogen functional groups attached to an aromatic ring is 1. The zero-order chi connectivity index (χ0) is 20.2. The molecule has 4 rings (SSSR count). The molecule has 1 heterocycles. The van der Waals surface area contributed by atoms with Crippen molar-refractivity contribution in [3.05, 3.63) is 89.5 Å². The SMILES string of the molecule is CN(Cc1ccccc1)Cc1ccc(N=Cc2c(O)[nH]c3ccc(N)cc23)cc1. The fourth-order valence-corrected chi connectivity index (χ4v) is 3.44. The van der Waals surface area contributed by atoms with Gasteiger partial charge in [0.2, 0.25) is 0 Å². The van der Waals surface area contributed by atoms with Gasteiger partial charge in [-0.15, -0.1) is 0 Å². The molecule has 0 fully saturated rings. The number of hydrogen-bond donors (Lipinski definition) is 3. The molecule has 0 atom stereocenters. The highest BCUT2D eigenvalue weighted by Gasteiger charge is 2.09. The van der Waals surface area contributed by atoms with E-state index in [0.717, 1.165) is 29.7 Å². The van der Waals surface area contributed by atoms with Crippen molar-refractivity contribution in [3.63, 3.8) is 0 Å². The Hall–Kier alpha value is -3.57. The Morgan fingerprint density at radius 2 is 1.66 bits per heavy atom. The first-order valence-corrected chi connectivity index (χ1v) is 9.54. The van der Waals surface area contributed by atoms with Crippen molar-refractivity contribution < 1.29 is 5.11 Å². The van der Waals surface area contributed by atoms with Crippen LogP contribution in [0, 0.1) is 0 Å². The summed E-state index contributed by atoms with van der Waals surface area (Å²) < 4.78 is 0. The van der Waals surface area contributed by atoms with E-state index in [1.54, 1.807) is 12.3 Å². The van der Waals surface area contributed by atoms with Crippen LogP contribution in [0.4, 0.5) is 11.4 Å². The summed E-state index contributed by atoms with van der Waals surface area (Å²) in [4.78, 5) is 9.74. The molecule has 0 bridgehead atoms. The predicted molar refractivity (Wildman–Crippen MR) is 120 cm³/mol. The van der Waals surface area contributed by atoms with Gasteiger partial charge in [0.05, 0.1) is 11.3 Å². The Labute approximate surface area is 170 Å². The topological polar surface area (TPSA) is 77.6 Å². The molecule has 5 heteroatoms. The van der Waals surface area contributed by atoms with Gasteiger partial charge in [-0.2, -0.15) is 0 Å². The molecule has 0 aliphatic rings. The van der Waals surface area contributed by atoms with Crippen molar-refractivity contribution in [1.29, 1.82) is 0 Å². The monoisotopic (exact) mass is 384 g/mol. The summed E-state index contributed by atoms with van der Waals surface area (Å²) in [5.41, 5.74) is 11.3. The van der Waals surface area contributed by atoms with Crippen molar-refractivity contribution >= 4 is 28.5 Å². The molecular weight excluding hydrogens is 360 g/mol. The molecule has 0 radical (unpaired) electrons. The molecule has 5 nitrogen and oxygen atoms in total. The van der Waals surface area contributed by atoms with E-state index >= 15 is 0 Å². The van der Waals surface area contributed by atoms with Gasteiger partial charge in [0.25, 0.3) is 0 Å². The van der Waals surface area contributed by atoms with E-state index < -0.39 is 0 Å². The van der Waals surface area contributed by atoms with E-state index in [1.807, 2.05) is 30.3 Å². The standard InChI is InChI=1S/C24H24N4O/c1-28(15-17-5-3-2-4-6-17)16-18-7-10-20(11-8-18)26-14-22-21-13-19(25)9-12-23(21)27-24(22)29/h2-14,27,29H,15-16,25H2,1H3. The molecule has 0 spiro atoms. The van der Waals surface area contributed by atoms with Gasteiger partial charge in [0, 0.05) is 35.9 Å². The summed E-state index contributed by atoms with van der Waals surface area (Å²) in [6.45, 7) is 1.77. The molecule has 0 aliphatic heterocycles. The lowest BCUT2D eigenvalue weighted by Gasteiger charge is -2.16. The minimum atomic E-state index is 0.0912. The predicted octanol–water partition coefficient (Wildman–Crippen LogP) is 4.84. The molecule has 1 aromatic heterocycles. The van der Waals surface area contributed by atoms with E-state index in [2.05, 4.69) is 58.3 Å². The first kappa shape index (κ1) is 18.8. The van der Waals surface area contributed by atoms with Gasteiger partial charge in [0.15, 0.2) is 5.88 Å². The number of benzene rings is 3. The van der Waals surface area contributed by atoms with Gasteiger partial charge in [-0.1, -0.05) is 42.5 Å². The fourth-order valence-electron chi connectivity index (χ4n) is 3.44. The Bertz CT molecular complexity index is 1130. The smallest absolute Gasteiger partial charge is 0.198 e. The third-order valence-electron chi connectivity index (χ3n) is 4.87. The number of aromatic amines is 1. The molecule has 3 aromatic carbocycles. The highest BCUT2D eigenvalue weighted by molar-refractivity contribution is 6.03. The Kier molecular flexibility index (Phi) is 5.31. The minimum absolute atomic E-state index is 0.0912. The van der Waals surface area contributed by atoms with Crippen molar-refractivity contribution in [2.75, 3.05) is 12.8 Å². The number of aromatic hydroxyl groups is 1. The van der Waals surface area contributed by atoms with Crippen LogP contribution in [0.25, 0.3) is 10.9 Å². The number of rotatable bonds is 6.